The van der Waals surface area contributed by atoms with Gasteiger partial charge in [-0.25, -0.2) is 0 Å². The highest BCUT2D eigenvalue weighted by Crippen LogP contribution is 2.48. The number of fused-ring (bicyclic) bond motifs is 1. The van der Waals surface area contributed by atoms with Crippen LogP contribution in [0.3, 0.4) is 0 Å². The number of carboxylic acid groups (broad SMARTS) is 1. The zero-order valence-corrected chi connectivity index (χ0v) is 11.5. The molecular weight excluding hydrogens is 260 g/mol. The van der Waals surface area contributed by atoms with Gasteiger partial charge < -0.3 is 14.9 Å². The molecule has 3 fully saturated rings. The Morgan fingerprint density at radius 3 is 2.75 bits per heavy atom. The molecule has 2 saturated heterocycles. The molecule has 0 bridgehead atoms. The van der Waals surface area contributed by atoms with Crippen LogP contribution in [0.1, 0.15) is 32.1 Å². The first-order valence-corrected chi connectivity index (χ1v) is 7.32. The lowest BCUT2D eigenvalue weighted by molar-refractivity contribution is -0.150. The Balaban J connectivity index is 1.66. The van der Waals surface area contributed by atoms with Crippen LogP contribution in [0.2, 0.25) is 0 Å². The maximum Gasteiger partial charge on any atom is 0.311 e. The third kappa shape index (κ3) is 1.98. The third-order valence-corrected chi connectivity index (χ3v) is 5.15. The Morgan fingerprint density at radius 2 is 2.15 bits per heavy atom. The van der Waals surface area contributed by atoms with Gasteiger partial charge in [-0.15, -0.1) is 0 Å². The topological polar surface area (TPSA) is 77.9 Å². The molecule has 0 unspecified atom stereocenters. The number of carbonyl (C=O) groups is 3. The minimum Gasteiger partial charge on any atom is -0.481 e. The molecular formula is C14H20N2O4. The fourth-order valence-electron chi connectivity index (χ4n) is 3.96. The Labute approximate surface area is 117 Å². The van der Waals surface area contributed by atoms with Gasteiger partial charge in [-0.2, -0.15) is 0 Å². The predicted molar refractivity (Wildman–Crippen MR) is 69.8 cm³/mol. The summed E-state index contributed by atoms with van der Waals surface area (Å²) in [5, 5.41) is 9.50. The van der Waals surface area contributed by atoms with E-state index < -0.39 is 11.4 Å². The van der Waals surface area contributed by atoms with Crippen LogP contribution in [0.4, 0.5) is 0 Å². The van der Waals surface area contributed by atoms with Crippen molar-refractivity contribution in [2.24, 2.45) is 11.3 Å². The average molecular weight is 280 g/mol. The molecule has 0 aromatic carbocycles. The summed E-state index contributed by atoms with van der Waals surface area (Å²) in [6.07, 6.45) is 3.82. The second-order valence-corrected chi connectivity index (χ2v) is 6.24. The van der Waals surface area contributed by atoms with Crippen LogP contribution in [-0.4, -0.2) is 58.9 Å². The highest BCUT2D eigenvalue weighted by molar-refractivity contribution is 5.87. The summed E-state index contributed by atoms with van der Waals surface area (Å²) in [7, 11) is 0. The lowest BCUT2D eigenvalue weighted by atomic mass is 9.81. The predicted octanol–water partition coefficient (Wildman–Crippen LogP) is 0.322. The van der Waals surface area contributed by atoms with Gasteiger partial charge in [-0.05, 0) is 25.2 Å². The van der Waals surface area contributed by atoms with Crippen LogP contribution in [0.5, 0.6) is 0 Å². The van der Waals surface area contributed by atoms with Crippen LogP contribution in [0, 0.1) is 11.3 Å². The van der Waals surface area contributed by atoms with Gasteiger partial charge in [0.1, 0.15) is 0 Å². The molecule has 2 heterocycles. The second kappa shape index (κ2) is 4.75. The van der Waals surface area contributed by atoms with Crippen molar-refractivity contribution in [3.63, 3.8) is 0 Å². The first-order chi connectivity index (χ1) is 9.53. The van der Waals surface area contributed by atoms with Crippen LogP contribution in [0.25, 0.3) is 0 Å². The van der Waals surface area contributed by atoms with Crippen LogP contribution >= 0.6 is 0 Å². The zero-order chi connectivity index (χ0) is 14.3. The van der Waals surface area contributed by atoms with E-state index in [1.54, 1.807) is 9.80 Å². The van der Waals surface area contributed by atoms with E-state index >= 15 is 0 Å². The number of likely N-dealkylation sites (tertiary alicyclic amines) is 2. The van der Waals surface area contributed by atoms with E-state index in [-0.39, 0.29) is 24.3 Å². The molecule has 1 N–H and O–H groups in total. The Kier molecular flexibility index (Phi) is 3.18. The molecule has 110 valence electrons. The Morgan fingerprint density at radius 1 is 1.35 bits per heavy atom. The molecule has 1 saturated carbocycles. The minimum atomic E-state index is -0.771. The highest BCUT2D eigenvalue weighted by Gasteiger charge is 2.55. The second-order valence-electron chi connectivity index (χ2n) is 6.24. The molecule has 0 spiro atoms. The summed E-state index contributed by atoms with van der Waals surface area (Å²) in [5.74, 6) is -0.758. The van der Waals surface area contributed by atoms with Gasteiger partial charge in [-0.1, -0.05) is 6.42 Å². The Bertz CT molecular complexity index is 464. The summed E-state index contributed by atoms with van der Waals surface area (Å²) in [6, 6.07) is 0. The van der Waals surface area contributed by atoms with Crippen molar-refractivity contribution >= 4 is 17.8 Å². The van der Waals surface area contributed by atoms with Crippen LogP contribution < -0.4 is 0 Å². The van der Waals surface area contributed by atoms with Gasteiger partial charge in [0, 0.05) is 26.1 Å². The number of hydrogen-bond donors (Lipinski definition) is 1. The minimum absolute atomic E-state index is 0.0330. The number of rotatable bonds is 3. The number of hydrogen-bond acceptors (Lipinski definition) is 3. The molecule has 2 amide bonds. The number of amides is 2. The number of carboxylic acids is 1. The van der Waals surface area contributed by atoms with E-state index in [2.05, 4.69) is 0 Å². The van der Waals surface area contributed by atoms with E-state index in [9.17, 15) is 19.5 Å². The monoisotopic (exact) mass is 280 g/mol. The molecule has 0 aromatic rings. The van der Waals surface area contributed by atoms with Crippen molar-refractivity contribution in [1.82, 2.24) is 9.80 Å². The molecule has 1 aliphatic carbocycles. The van der Waals surface area contributed by atoms with E-state index in [1.165, 1.54) is 0 Å². The molecule has 0 aromatic heterocycles. The smallest absolute Gasteiger partial charge is 0.311 e. The van der Waals surface area contributed by atoms with Crippen molar-refractivity contribution in [2.75, 3.05) is 26.2 Å². The quantitative estimate of drug-likeness (QED) is 0.807. The molecule has 0 radical (unpaired) electrons. The fraction of sp³-hybridized carbons (Fsp3) is 0.786. The van der Waals surface area contributed by atoms with Crippen molar-refractivity contribution in [1.29, 1.82) is 0 Å². The average Bonchev–Trinajstić information content (AvgIpc) is 3.03. The number of carbonyl (C=O) groups excluding carboxylic acids is 2. The standard InChI is InChI=1S/C14H20N2O4/c17-11-4-2-6-15(11)8-12(18)16-7-10-3-1-5-14(10,9-16)13(19)20/h10H,1-9H2,(H,19,20)/t10-,14+/m0/s1. The molecule has 2 aliphatic heterocycles. The van der Waals surface area contributed by atoms with Gasteiger partial charge in [-0.3, -0.25) is 14.4 Å². The number of nitrogens with zero attached hydrogens (tertiary/aromatic N) is 2. The van der Waals surface area contributed by atoms with E-state index in [0.717, 1.165) is 19.3 Å². The molecule has 6 heteroatoms. The van der Waals surface area contributed by atoms with Crippen molar-refractivity contribution in [2.45, 2.75) is 32.1 Å². The summed E-state index contributed by atoms with van der Waals surface area (Å²) >= 11 is 0. The number of aliphatic carboxylic acids is 1. The molecule has 3 rings (SSSR count). The van der Waals surface area contributed by atoms with Crippen LogP contribution in [0.15, 0.2) is 0 Å². The highest BCUT2D eigenvalue weighted by atomic mass is 16.4. The van der Waals surface area contributed by atoms with E-state index in [4.69, 9.17) is 0 Å². The van der Waals surface area contributed by atoms with Crippen molar-refractivity contribution < 1.29 is 19.5 Å². The van der Waals surface area contributed by atoms with Gasteiger partial charge in [0.2, 0.25) is 11.8 Å². The van der Waals surface area contributed by atoms with Gasteiger partial charge in [0.15, 0.2) is 0 Å². The largest absolute Gasteiger partial charge is 0.481 e. The summed E-state index contributed by atoms with van der Waals surface area (Å²) in [5.41, 5.74) is -0.731. The van der Waals surface area contributed by atoms with Crippen LogP contribution in [-0.2, 0) is 14.4 Å². The maximum absolute atomic E-state index is 12.3. The maximum atomic E-state index is 12.3. The molecule has 3 aliphatic rings. The zero-order valence-electron chi connectivity index (χ0n) is 11.5. The molecule has 6 nitrogen and oxygen atoms in total. The van der Waals surface area contributed by atoms with Gasteiger partial charge >= 0.3 is 5.97 Å². The molecule has 2 atom stereocenters. The summed E-state index contributed by atoms with van der Waals surface area (Å²) in [6.45, 7) is 1.61. The first kappa shape index (κ1) is 13.4. The van der Waals surface area contributed by atoms with Crippen molar-refractivity contribution in [3.05, 3.63) is 0 Å². The van der Waals surface area contributed by atoms with E-state index in [0.29, 0.717) is 32.5 Å². The fourth-order valence-corrected chi connectivity index (χ4v) is 3.96. The first-order valence-electron chi connectivity index (χ1n) is 7.32. The third-order valence-electron chi connectivity index (χ3n) is 5.15. The lowest BCUT2D eigenvalue weighted by Gasteiger charge is -2.24. The molecule has 20 heavy (non-hydrogen) atoms. The Hall–Kier alpha value is -1.59. The lowest BCUT2D eigenvalue weighted by Crippen LogP contribution is -2.42. The normalized spacial score (nSPS) is 32.8. The van der Waals surface area contributed by atoms with Crippen molar-refractivity contribution in [3.8, 4) is 0 Å². The van der Waals surface area contributed by atoms with E-state index in [1.807, 2.05) is 0 Å². The summed E-state index contributed by atoms with van der Waals surface area (Å²) in [4.78, 5) is 38.6. The van der Waals surface area contributed by atoms with Gasteiger partial charge in [0.25, 0.3) is 0 Å². The van der Waals surface area contributed by atoms with Gasteiger partial charge in [0.05, 0.1) is 12.0 Å². The summed E-state index contributed by atoms with van der Waals surface area (Å²) < 4.78 is 0. The SMILES string of the molecule is O=C1CCCN1CC(=O)N1C[C@@H]2CCC[C@@]2(C(=O)O)C1.